The van der Waals surface area contributed by atoms with Gasteiger partial charge >= 0.3 is 0 Å². The van der Waals surface area contributed by atoms with Crippen LogP contribution in [0.2, 0.25) is 0 Å². The molecule has 0 aromatic carbocycles. The van der Waals surface area contributed by atoms with Crippen LogP contribution in [0.15, 0.2) is 0 Å². The standard InChI is InChI=1S/C18H36N2O/c1-5-17(6-2)15-20(12-11-16-10-9-13-21-16)18(7-3,8-4)14-19-17/h16,19H,5-15H2,1-4H3. The second-order valence-corrected chi connectivity index (χ2v) is 7.12. The molecule has 0 aromatic rings. The van der Waals surface area contributed by atoms with Gasteiger partial charge in [-0.15, -0.1) is 0 Å². The van der Waals surface area contributed by atoms with E-state index in [0.29, 0.717) is 17.2 Å². The maximum Gasteiger partial charge on any atom is 0.0588 e. The van der Waals surface area contributed by atoms with Gasteiger partial charge in [0.15, 0.2) is 0 Å². The molecule has 0 bridgehead atoms. The summed E-state index contributed by atoms with van der Waals surface area (Å²) in [6, 6.07) is 0. The summed E-state index contributed by atoms with van der Waals surface area (Å²) < 4.78 is 5.84. The first-order valence-electron chi connectivity index (χ1n) is 9.25. The van der Waals surface area contributed by atoms with Crippen molar-refractivity contribution in [3.63, 3.8) is 0 Å². The van der Waals surface area contributed by atoms with Crippen molar-refractivity contribution in [2.75, 3.05) is 26.2 Å². The van der Waals surface area contributed by atoms with Crippen LogP contribution in [-0.4, -0.2) is 48.3 Å². The van der Waals surface area contributed by atoms with Crippen LogP contribution in [0.4, 0.5) is 0 Å². The number of hydrogen-bond donors (Lipinski definition) is 1. The molecule has 0 amide bonds. The Morgan fingerprint density at radius 1 is 1.10 bits per heavy atom. The van der Waals surface area contributed by atoms with E-state index < -0.39 is 0 Å². The molecule has 1 N–H and O–H groups in total. The van der Waals surface area contributed by atoms with Crippen molar-refractivity contribution in [2.24, 2.45) is 0 Å². The first-order chi connectivity index (χ1) is 10.1. The fourth-order valence-electron chi connectivity index (χ4n) is 4.21. The molecule has 2 saturated heterocycles. The van der Waals surface area contributed by atoms with Gasteiger partial charge in [-0.25, -0.2) is 0 Å². The molecule has 0 radical (unpaired) electrons. The number of nitrogens with one attached hydrogen (secondary N) is 1. The molecule has 0 aromatic heterocycles. The molecule has 3 nitrogen and oxygen atoms in total. The fourth-order valence-corrected chi connectivity index (χ4v) is 4.21. The molecule has 1 unspecified atom stereocenters. The minimum absolute atomic E-state index is 0.324. The van der Waals surface area contributed by atoms with Gasteiger partial charge in [0, 0.05) is 37.3 Å². The quantitative estimate of drug-likeness (QED) is 0.777. The van der Waals surface area contributed by atoms with E-state index in [1.165, 1.54) is 58.0 Å². The van der Waals surface area contributed by atoms with Crippen molar-refractivity contribution in [1.82, 2.24) is 10.2 Å². The topological polar surface area (TPSA) is 24.5 Å². The van der Waals surface area contributed by atoms with Crippen LogP contribution in [0.25, 0.3) is 0 Å². The zero-order chi connectivity index (χ0) is 15.3. The molecule has 1 atom stereocenters. The second kappa shape index (κ2) is 7.43. The number of rotatable bonds is 7. The highest BCUT2D eigenvalue weighted by atomic mass is 16.5. The molecule has 21 heavy (non-hydrogen) atoms. The average Bonchev–Trinajstić information content (AvgIpc) is 3.06. The van der Waals surface area contributed by atoms with Gasteiger partial charge in [-0.05, 0) is 44.9 Å². The van der Waals surface area contributed by atoms with E-state index in [0.717, 1.165) is 13.2 Å². The summed E-state index contributed by atoms with van der Waals surface area (Å²) in [5, 5.41) is 3.91. The minimum atomic E-state index is 0.324. The Labute approximate surface area is 131 Å². The predicted octanol–water partition coefficient (Wildman–Crippen LogP) is 3.58. The molecule has 2 aliphatic rings. The Kier molecular flexibility index (Phi) is 6.10. The Hall–Kier alpha value is -0.120. The maximum atomic E-state index is 5.84. The molecule has 124 valence electrons. The Balaban J connectivity index is 2.04. The van der Waals surface area contributed by atoms with Gasteiger partial charge in [-0.2, -0.15) is 0 Å². The molecule has 2 fully saturated rings. The van der Waals surface area contributed by atoms with Crippen molar-refractivity contribution in [2.45, 2.75) is 89.8 Å². The molecule has 0 aliphatic carbocycles. The average molecular weight is 296 g/mol. The molecule has 0 spiro atoms. The number of hydrogen-bond acceptors (Lipinski definition) is 3. The third-order valence-electron chi connectivity index (χ3n) is 6.37. The summed E-state index contributed by atoms with van der Waals surface area (Å²) in [5.41, 5.74) is 0.677. The number of ether oxygens (including phenoxy) is 1. The van der Waals surface area contributed by atoms with Crippen LogP contribution in [0.1, 0.15) is 72.6 Å². The van der Waals surface area contributed by atoms with E-state index in [-0.39, 0.29) is 0 Å². The lowest BCUT2D eigenvalue weighted by atomic mass is 9.80. The van der Waals surface area contributed by atoms with Crippen LogP contribution in [0, 0.1) is 0 Å². The van der Waals surface area contributed by atoms with E-state index in [2.05, 4.69) is 37.9 Å². The van der Waals surface area contributed by atoms with Crippen molar-refractivity contribution < 1.29 is 4.74 Å². The predicted molar refractivity (Wildman–Crippen MR) is 89.8 cm³/mol. The van der Waals surface area contributed by atoms with E-state index >= 15 is 0 Å². The van der Waals surface area contributed by atoms with E-state index in [1.54, 1.807) is 0 Å². The first-order valence-corrected chi connectivity index (χ1v) is 9.25. The Morgan fingerprint density at radius 2 is 1.81 bits per heavy atom. The lowest BCUT2D eigenvalue weighted by molar-refractivity contribution is -0.0155. The summed E-state index contributed by atoms with van der Waals surface area (Å²) in [5.74, 6) is 0. The third kappa shape index (κ3) is 3.62. The SMILES string of the molecule is CCC1(CC)CN(CCC2CCCO2)C(CC)(CC)CN1. The van der Waals surface area contributed by atoms with Crippen molar-refractivity contribution in [3.8, 4) is 0 Å². The van der Waals surface area contributed by atoms with Gasteiger partial charge in [0.05, 0.1) is 6.10 Å². The fraction of sp³-hybridized carbons (Fsp3) is 1.00. The molecule has 2 heterocycles. The Bertz CT molecular complexity index is 304. The highest BCUT2D eigenvalue weighted by Crippen LogP contribution is 2.33. The van der Waals surface area contributed by atoms with Crippen molar-refractivity contribution in [3.05, 3.63) is 0 Å². The zero-order valence-corrected chi connectivity index (χ0v) is 14.7. The largest absolute Gasteiger partial charge is 0.378 e. The van der Waals surface area contributed by atoms with Gasteiger partial charge in [0.2, 0.25) is 0 Å². The van der Waals surface area contributed by atoms with Gasteiger partial charge < -0.3 is 10.1 Å². The molecule has 2 rings (SSSR count). The third-order valence-corrected chi connectivity index (χ3v) is 6.37. The smallest absolute Gasteiger partial charge is 0.0588 e. The summed E-state index contributed by atoms with van der Waals surface area (Å²) in [4.78, 5) is 2.80. The molecule has 3 heteroatoms. The summed E-state index contributed by atoms with van der Waals surface area (Å²) in [6.07, 6.45) is 9.19. The lowest BCUT2D eigenvalue weighted by Crippen LogP contribution is -2.69. The van der Waals surface area contributed by atoms with Gasteiger partial charge in [0.1, 0.15) is 0 Å². The first kappa shape index (κ1) is 17.2. The maximum absolute atomic E-state index is 5.84. The molecule has 2 aliphatic heterocycles. The lowest BCUT2D eigenvalue weighted by Gasteiger charge is -2.54. The monoisotopic (exact) mass is 296 g/mol. The second-order valence-electron chi connectivity index (χ2n) is 7.12. The number of piperazine rings is 1. The summed E-state index contributed by atoms with van der Waals surface area (Å²) >= 11 is 0. The zero-order valence-electron chi connectivity index (χ0n) is 14.7. The molecular formula is C18H36N2O. The van der Waals surface area contributed by atoms with Crippen molar-refractivity contribution in [1.29, 1.82) is 0 Å². The minimum Gasteiger partial charge on any atom is -0.378 e. The highest BCUT2D eigenvalue weighted by Gasteiger charge is 2.44. The number of nitrogens with zero attached hydrogens (tertiary/aromatic N) is 1. The van der Waals surface area contributed by atoms with Crippen LogP contribution in [-0.2, 0) is 4.74 Å². The highest BCUT2D eigenvalue weighted by molar-refractivity contribution is 5.03. The van der Waals surface area contributed by atoms with Gasteiger partial charge in [-0.3, -0.25) is 4.90 Å². The molecular weight excluding hydrogens is 260 g/mol. The normalized spacial score (nSPS) is 28.9. The summed E-state index contributed by atoms with van der Waals surface area (Å²) in [7, 11) is 0. The van der Waals surface area contributed by atoms with E-state index in [1.807, 2.05) is 0 Å². The van der Waals surface area contributed by atoms with Crippen molar-refractivity contribution >= 4 is 0 Å². The van der Waals surface area contributed by atoms with Gasteiger partial charge in [0.25, 0.3) is 0 Å². The van der Waals surface area contributed by atoms with Crippen LogP contribution in [0.5, 0.6) is 0 Å². The molecule has 0 saturated carbocycles. The van der Waals surface area contributed by atoms with Crippen LogP contribution >= 0.6 is 0 Å². The van der Waals surface area contributed by atoms with E-state index in [9.17, 15) is 0 Å². The van der Waals surface area contributed by atoms with Crippen LogP contribution in [0.3, 0.4) is 0 Å². The summed E-state index contributed by atoms with van der Waals surface area (Å²) in [6.45, 7) is 13.9. The Morgan fingerprint density at radius 3 is 2.33 bits per heavy atom. The van der Waals surface area contributed by atoms with Gasteiger partial charge in [-0.1, -0.05) is 27.7 Å². The van der Waals surface area contributed by atoms with Crippen LogP contribution < -0.4 is 5.32 Å². The van der Waals surface area contributed by atoms with E-state index in [4.69, 9.17) is 4.74 Å².